The van der Waals surface area contributed by atoms with E-state index in [1.807, 2.05) is 25.2 Å². The Morgan fingerprint density at radius 1 is 1.21 bits per heavy atom. The van der Waals surface area contributed by atoms with E-state index in [-0.39, 0.29) is 17.6 Å². The molecule has 3 nitrogen and oxygen atoms in total. The second-order valence-corrected chi connectivity index (χ2v) is 6.09. The molecular weight excluding hydrogens is 262 g/mol. The largest absolute Gasteiger partial charge is 0.495 e. The number of benzene rings is 1. The molecule has 108 valence electrons. The fraction of sp³-hybridized carbons (Fsp3) is 0.600. The van der Waals surface area contributed by atoms with Crippen LogP contribution in [-0.2, 0) is 4.74 Å². The highest BCUT2D eigenvalue weighted by atomic mass is 35.5. The molecule has 0 radical (unpaired) electrons. The molecule has 0 aliphatic rings. The molecule has 0 heterocycles. The summed E-state index contributed by atoms with van der Waals surface area (Å²) in [4.78, 5) is 0. The monoisotopic (exact) mass is 285 g/mol. The molecule has 0 saturated heterocycles. The molecule has 2 atom stereocenters. The second kappa shape index (κ2) is 6.60. The van der Waals surface area contributed by atoms with Crippen LogP contribution in [0.3, 0.4) is 0 Å². The molecule has 0 spiro atoms. The lowest BCUT2D eigenvalue weighted by Crippen LogP contribution is -2.40. The maximum Gasteiger partial charge on any atom is 0.137 e. The van der Waals surface area contributed by atoms with Crippen molar-refractivity contribution >= 4 is 11.6 Å². The Balaban J connectivity index is 3.15. The first kappa shape index (κ1) is 16.3. The van der Waals surface area contributed by atoms with E-state index < -0.39 is 0 Å². The van der Waals surface area contributed by atoms with Crippen molar-refractivity contribution in [2.45, 2.75) is 32.9 Å². The summed E-state index contributed by atoms with van der Waals surface area (Å²) in [6.45, 7) is 6.50. The summed E-state index contributed by atoms with van der Waals surface area (Å²) >= 11 is 6.07. The van der Waals surface area contributed by atoms with Gasteiger partial charge in [0, 0.05) is 7.11 Å². The van der Waals surface area contributed by atoms with Gasteiger partial charge >= 0.3 is 0 Å². The average molecular weight is 286 g/mol. The maximum atomic E-state index is 6.07. The van der Waals surface area contributed by atoms with Gasteiger partial charge in [-0.3, -0.25) is 0 Å². The van der Waals surface area contributed by atoms with Crippen LogP contribution >= 0.6 is 11.6 Å². The predicted octanol–water partition coefficient (Wildman–Crippen LogP) is 3.67. The van der Waals surface area contributed by atoms with E-state index in [9.17, 15) is 0 Å². The summed E-state index contributed by atoms with van der Waals surface area (Å²) < 4.78 is 11.0. The zero-order valence-electron chi connectivity index (χ0n) is 12.6. The van der Waals surface area contributed by atoms with Gasteiger partial charge in [-0.15, -0.1) is 0 Å². The SMILES string of the molecule is CNC(c1ccc(Cl)c(OC)c1)C(OC)C(C)(C)C. The Hall–Kier alpha value is -0.770. The van der Waals surface area contributed by atoms with Crippen LogP contribution in [0.1, 0.15) is 32.4 Å². The van der Waals surface area contributed by atoms with Crippen molar-refractivity contribution in [2.24, 2.45) is 5.41 Å². The summed E-state index contributed by atoms with van der Waals surface area (Å²) in [5, 5.41) is 3.94. The molecule has 1 aromatic carbocycles. The van der Waals surface area contributed by atoms with Gasteiger partial charge in [-0.2, -0.15) is 0 Å². The van der Waals surface area contributed by atoms with E-state index in [0.717, 1.165) is 5.56 Å². The minimum Gasteiger partial charge on any atom is -0.495 e. The van der Waals surface area contributed by atoms with Gasteiger partial charge in [-0.05, 0) is 30.2 Å². The van der Waals surface area contributed by atoms with E-state index >= 15 is 0 Å². The fourth-order valence-corrected chi connectivity index (χ4v) is 2.55. The van der Waals surface area contributed by atoms with Crippen molar-refractivity contribution in [2.75, 3.05) is 21.3 Å². The molecular formula is C15H24ClNO2. The van der Waals surface area contributed by atoms with Crippen molar-refractivity contribution in [1.29, 1.82) is 0 Å². The van der Waals surface area contributed by atoms with Crippen LogP contribution in [0.4, 0.5) is 0 Å². The van der Waals surface area contributed by atoms with Crippen molar-refractivity contribution in [3.8, 4) is 5.75 Å². The van der Waals surface area contributed by atoms with Crippen molar-refractivity contribution < 1.29 is 9.47 Å². The Bertz CT molecular complexity index is 415. The normalized spacial score (nSPS) is 15.1. The van der Waals surface area contributed by atoms with Gasteiger partial charge in [0.2, 0.25) is 0 Å². The highest BCUT2D eigenvalue weighted by molar-refractivity contribution is 6.32. The number of rotatable bonds is 5. The summed E-state index contributed by atoms with van der Waals surface area (Å²) in [6.07, 6.45) is 0.0448. The molecule has 1 rings (SSSR count). The summed E-state index contributed by atoms with van der Waals surface area (Å²) in [5.41, 5.74) is 1.13. The molecule has 0 amide bonds. The van der Waals surface area contributed by atoms with Gasteiger partial charge in [-0.25, -0.2) is 0 Å². The van der Waals surface area contributed by atoms with Crippen LogP contribution in [0.2, 0.25) is 5.02 Å². The topological polar surface area (TPSA) is 30.5 Å². The number of hydrogen-bond donors (Lipinski definition) is 1. The maximum absolute atomic E-state index is 6.07. The van der Waals surface area contributed by atoms with Crippen LogP contribution in [0.25, 0.3) is 0 Å². The van der Waals surface area contributed by atoms with Crippen LogP contribution in [0, 0.1) is 5.41 Å². The van der Waals surface area contributed by atoms with Crippen LogP contribution in [0.5, 0.6) is 5.75 Å². The molecule has 1 aromatic rings. The zero-order valence-corrected chi connectivity index (χ0v) is 13.3. The Morgan fingerprint density at radius 2 is 1.84 bits per heavy atom. The van der Waals surface area contributed by atoms with E-state index in [2.05, 4.69) is 26.1 Å². The molecule has 0 bridgehead atoms. The molecule has 19 heavy (non-hydrogen) atoms. The highest BCUT2D eigenvalue weighted by Crippen LogP contribution is 2.35. The van der Waals surface area contributed by atoms with Gasteiger partial charge in [0.25, 0.3) is 0 Å². The van der Waals surface area contributed by atoms with Crippen LogP contribution < -0.4 is 10.1 Å². The van der Waals surface area contributed by atoms with Gasteiger partial charge in [0.1, 0.15) is 5.75 Å². The lowest BCUT2D eigenvalue weighted by atomic mass is 9.82. The minimum absolute atomic E-state index is 0.0231. The van der Waals surface area contributed by atoms with Crippen LogP contribution in [0.15, 0.2) is 18.2 Å². The first-order valence-electron chi connectivity index (χ1n) is 6.38. The molecule has 0 aliphatic heterocycles. The molecule has 0 saturated carbocycles. The Morgan fingerprint density at radius 3 is 2.26 bits per heavy atom. The molecule has 4 heteroatoms. The van der Waals surface area contributed by atoms with Gasteiger partial charge in [-0.1, -0.05) is 38.4 Å². The van der Waals surface area contributed by atoms with Crippen molar-refractivity contribution in [1.82, 2.24) is 5.32 Å². The first-order chi connectivity index (χ1) is 8.85. The summed E-state index contributed by atoms with van der Waals surface area (Å²) in [7, 11) is 5.30. The second-order valence-electron chi connectivity index (χ2n) is 5.68. The number of hydrogen-bond acceptors (Lipinski definition) is 3. The number of likely N-dealkylation sites (N-methyl/N-ethyl adjacent to an activating group) is 1. The standard InChI is InChI=1S/C15H24ClNO2/c1-15(2,3)14(19-6)13(17-4)10-7-8-11(16)12(9-10)18-5/h7-9,13-14,17H,1-6H3. The van der Waals surface area contributed by atoms with Gasteiger partial charge in [0.05, 0.1) is 24.3 Å². The molecule has 0 aromatic heterocycles. The van der Waals surface area contributed by atoms with Gasteiger partial charge < -0.3 is 14.8 Å². The quantitative estimate of drug-likeness (QED) is 0.895. The summed E-state index contributed by atoms with van der Waals surface area (Å²) in [6, 6.07) is 5.90. The molecule has 0 aliphatic carbocycles. The highest BCUT2D eigenvalue weighted by Gasteiger charge is 2.32. The molecule has 0 fully saturated rings. The third-order valence-electron chi connectivity index (χ3n) is 3.26. The lowest BCUT2D eigenvalue weighted by molar-refractivity contribution is -0.0102. The first-order valence-corrected chi connectivity index (χ1v) is 6.76. The Kier molecular flexibility index (Phi) is 5.65. The van der Waals surface area contributed by atoms with E-state index in [1.54, 1.807) is 14.2 Å². The van der Waals surface area contributed by atoms with E-state index in [0.29, 0.717) is 10.8 Å². The van der Waals surface area contributed by atoms with Crippen LogP contribution in [-0.4, -0.2) is 27.4 Å². The lowest BCUT2D eigenvalue weighted by Gasteiger charge is -2.36. The third-order valence-corrected chi connectivity index (χ3v) is 3.57. The minimum atomic E-state index is 0.0231. The van der Waals surface area contributed by atoms with Crippen molar-refractivity contribution in [3.63, 3.8) is 0 Å². The number of halogens is 1. The number of nitrogens with one attached hydrogen (secondary N) is 1. The smallest absolute Gasteiger partial charge is 0.137 e. The van der Waals surface area contributed by atoms with E-state index in [1.165, 1.54) is 0 Å². The average Bonchev–Trinajstić information content (AvgIpc) is 2.35. The fourth-order valence-electron chi connectivity index (χ4n) is 2.35. The molecule has 2 unspecified atom stereocenters. The van der Waals surface area contributed by atoms with Gasteiger partial charge in [0.15, 0.2) is 0 Å². The predicted molar refractivity (Wildman–Crippen MR) is 80.1 cm³/mol. The number of methoxy groups -OCH3 is 2. The Labute approximate surface area is 121 Å². The van der Waals surface area contributed by atoms with Crippen molar-refractivity contribution in [3.05, 3.63) is 28.8 Å². The third kappa shape index (κ3) is 3.85. The summed E-state index contributed by atoms with van der Waals surface area (Å²) in [5.74, 6) is 0.683. The van der Waals surface area contributed by atoms with E-state index in [4.69, 9.17) is 21.1 Å². The molecule has 1 N–H and O–H groups in total. The zero-order chi connectivity index (χ0) is 14.6. The number of ether oxygens (including phenoxy) is 2.